The van der Waals surface area contributed by atoms with E-state index in [0.29, 0.717) is 12.2 Å². The van der Waals surface area contributed by atoms with E-state index in [1.165, 1.54) is 0 Å². The van der Waals surface area contributed by atoms with Gasteiger partial charge in [0.05, 0.1) is 0 Å². The molecule has 0 amide bonds. The molecule has 15 heavy (non-hydrogen) atoms. The van der Waals surface area contributed by atoms with Gasteiger partial charge in [-0.3, -0.25) is 0 Å². The smallest absolute Gasteiger partial charge is 0.123 e. The molecule has 0 fully saturated rings. The molecule has 3 N–H and O–H groups in total. The molecule has 0 unspecified atom stereocenters. The molecular weight excluding hydrogens is 210 g/mol. The minimum absolute atomic E-state index is 0. The summed E-state index contributed by atoms with van der Waals surface area (Å²) in [5.41, 5.74) is 8.63. The maximum Gasteiger partial charge on any atom is 0.123 e. The fraction of sp³-hybridized carbons (Fsp3) is 0.333. The number of phenolic OH excluding ortho intramolecular Hbond substituents is 1. The minimum Gasteiger partial charge on any atom is -0.507 e. The summed E-state index contributed by atoms with van der Waals surface area (Å²) in [5.74, 6) is 0.307. The molecule has 3 heteroatoms. The first-order valence-electron chi connectivity index (χ1n) is 4.70. The first-order valence-corrected chi connectivity index (χ1v) is 4.70. The third kappa shape index (κ3) is 3.57. The second-order valence-corrected chi connectivity index (χ2v) is 3.78. The number of halogens is 1. The highest BCUT2D eigenvalue weighted by Gasteiger charge is 2.11. The van der Waals surface area contributed by atoms with Gasteiger partial charge in [0.15, 0.2) is 0 Å². The zero-order valence-corrected chi connectivity index (χ0v) is 9.97. The summed E-state index contributed by atoms with van der Waals surface area (Å²) in [7, 11) is 0. The average molecular weight is 228 g/mol. The van der Waals surface area contributed by atoms with E-state index < -0.39 is 0 Å². The first kappa shape index (κ1) is 14.0. The van der Waals surface area contributed by atoms with Crippen molar-refractivity contribution in [3.05, 3.63) is 41.5 Å². The number of hydrogen-bond acceptors (Lipinski definition) is 2. The van der Waals surface area contributed by atoms with Crippen LogP contribution < -0.4 is 5.73 Å². The molecule has 1 aromatic rings. The van der Waals surface area contributed by atoms with Crippen molar-refractivity contribution in [2.75, 3.05) is 0 Å². The lowest BCUT2D eigenvalue weighted by atomic mass is 9.98. The molecule has 0 saturated heterocycles. The molecule has 0 radical (unpaired) electrons. The molecule has 0 bridgehead atoms. The van der Waals surface area contributed by atoms with Crippen molar-refractivity contribution in [1.29, 1.82) is 0 Å². The van der Waals surface area contributed by atoms with E-state index in [1.807, 2.05) is 32.0 Å². The number of aromatic hydroxyl groups is 1. The normalized spacial score (nSPS) is 11.7. The van der Waals surface area contributed by atoms with Gasteiger partial charge < -0.3 is 10.8 Å². The Balaban J connectivity index is 0.00000196. The predicted octanol–water partition coefficient (Wildman–Crippen LogP) is 3.09. The lowest BCUT2D eigenvalue weighted by Crippen LogP contribution is -2.10. The monoisotopic (exact) mass is 227 g/mol. The highest BCUT2D eigenvalue weighted by Crippen LogP contribution is 2.28. The molecule has 0 aliphatic heterocycles. The van der Waals surface area contributed by atoms with Crippen LogP contribution in [0.5, 0.6) is 5.75 Å². The first-order chi connectivity index (χ1) is 6.52. The summed E-state index contributed by atoms with van der Waals surface area (Å²) in [6, 6.07) is 5.47. The topological polar surface area (TPSA) is 46.2 Å². The Bertz CT molecular complexity index is 349. The van der Waals surface area contributed by atoms with Gasteiger partial charge in [0.25, 0.3) is 0 Å². The summed E-state index contributed by atoms with van der Waals surface area (Å²) in [4.78, 5) is 0. The minimum atomic E-state index is -0.160. The number of para-hydroxylation sites is 1. The quantitative estimate of drug-likeness (QED) is 0.780. The molecule has 0 heterocycles. The number of phenols is 1. The maximum absolute atomic E-state index is 9.77. The zero-order chi connectivity index (χ0) is 10.7. The van der Waals surface area contributed by atoms with Crippen LogP contribution >= 0.6 is 12.4 Å². The molecule has 1 aromatic carbocycles. The van der Waals surface area contributed by atoms with Crippen LogP contribution in [-0.2, 0) is 0 Å². The van der Waals surface area contributed by atoms with E-state index in [0.717, 1.165) is 16.7 Å². The van der Waals surface area contributed by atoms with Crippen molar-refractivity contribution in [2.24, 2.45) is 5.73 Å². The van der Waals surface area contributed by atoms with Crippen LogP contribution in [0.3, 0.4) is 0 Å². The van der Waals surface area contributed by atoms with Crippen LogP contribution in [0.15, 0.2) is 30.4 Å². The molecule has 1 rings (SSSR count). The molecule has 0 aliphatic carbocycles. The van der Waals surface area contributed by atoms with Gasteiger partial charge >= 0.3 is 0 Å². The fourth-order valence-electron chi connectivity index (χ4n) is 1.47. The van der Waals surface area contributed by atoms with Crippen LogP contribution in [0.1, 0.15) is 30.5 Å². The molecule has 0 aromatic heterocycles. The summed E-state index contributed by atoms with van der Waals surface area (Å²) in [6.07, 6.45) is 0.705. The predicted molar refractivity (Wildman–Crippen MR) is 66.5 cm³/mol. The van der Waals surface area contributed by atoms with E-state index in [2.05, 4.69) is 6.58 Å². The summed E-state index contributed by atoms with van der Waals surface area (Å²) in [6.45, 7) is 7.62. The summed E-state index contributed by atoms with van der Waals surface area (Å²) >= 11 is 0. The Morgan fingerprint density at radius 2 is 2.13 bits per heavy atom. The number of benzene rings is 1. The average Bonchev–Trinajstić information content (AvgIpc) is 2.08. The largest absolute Gasteiger partial charge is 0.507 e. The highest BCUT2D eigenvalue weighted by atomic mass is 35.5. The van der Waals surface area contributed by atoms with Crippen LogP contribution in [-0.4, -0.2) is 5.11 Å². The third-order valence-electron chi connectivity index (χ3n) is 2.24. The Hall–Kier alpha value is -0.990. The SMILES string of the molecule is C=C(C)C[C@H](N)c1cccc(C)c1O.Cl. The third-order valence-corrected chi connectivity index (χ3v) is 2.24. The van der Waals surface area contributed by atoms with Gasteiger partial charge in [-0.05, 0) is 25.8 Å². The highest BCUT2D eigenvalue weighted by molar-refractivity contribution is 5.85. The van der Waals surface area contributed by atoms with Gasteiger partial charge in [0.2, 0.25) is 0 Å². The van der Waals surface area contributed by atoms with E-state index in [-0.39, 0.29) is 18.4 Å². The van der Waals surface area contributed by atoms with Crippen LogP contribution in [0.2, 0.25) is 0 Å². The molecular formula is C12H18ClNO. The molecule has 84 valence electrons. The number of rotatable bonds is 3. The Morgan fingerprint density at radius 1 is 1.53 bits per heavy atom. The second kappa shape index (κ2) is 5.79. The van der Waals surface area contributed by atoms with E-state index in [1.54, 1.807) is 0 Å². The molecule has 0 spiro atoms. The van der Waals surface area contributed by atoms with Crippen LogP contribution in [0.25, 0.3) is 0 Å². The van der Waals surface area contributed by atoms with Crippen molar-refractivity contribution in [2.45, 2.75) is 26.3 Å². The van der Waals surface area contributed by atoms with Crippen molar-refractivity contribution in [3.8, 4) is 5.75 Å². The van der Waals surface area contributed by atoms with Gasteiger partial charge in [-0.25, -0.2) is 0 Å². The van der Waals surface area contributed by atoms with Gasteiger partial charge in [0, 0.05) is 11.6 Å². The molecule has 0 aliphatic rings. The van der Waals surface area contributed by atoms with E-state index in [4.69, 9.17) is 5.73 Å². The van der Waals surface area contributed by atoms with Gasteiger partial charge in [-0.15, -0.1) is 19.0 Å². The van der Waals surface area contributed by atoms with Crippen LogP contribution in [0, 0.1) is 6.92 Å². The number of hydrogen-bond donors (Lipinski definition) is 2. The summed E-state index contributed by atoms with van der Waals surface area (Å²) < 4.78 is 0. The Labute approximate surface area is 97.2 Å². The maximum atomic E-state index is 9.77. The lowest BCUT2D eigenvalue weighted by Gasteiger charge is -2.14. The van der Waals surface area contributed by atoms with Crippen molar-refractivity contribution >= 4 is 12.4 Å². The van der Waals surface area contributed by atoms with Crippen LogP contribution in [0.4, 0.5) is 0 Å². The van der Waals surface area contributed by atoms with Gasteiger partial charge in [-0.2, -0.15) is 0 Å². The summed E-state index contributed by atoms with van der Waals surface area (Å²) in [5, 5.41) is 9.77. The van der Waals surface area contributed by atoms with Gasteiger partial charge in [-0.1, -0.05) is 23.8 Å². The number of aryl methyl sites for hydroxylation is 1. The van der Waals surface area contributed by atoms with E-state index >= 15 is 0 Å². The standard InChI is InChI=1S/C12H17NO.ClH/c1-8(2)7-11(13)10-6-4-5-9(3)12(10)14;/h4-6,11,14H,1,7,13H2,2-3H3;1H/t11-;/m0./s1. The second-order valence-electron chi connectivity index (χ2n) is 3.78. The van der Waals surface area contributed by atoms with Crippen molar-refractivity contribution in [1.82, 2.24) is 0 Å². The Morgan fingerprint density at radius 3 is 2.67 bits per heavy atom. The lowest BCUT2D eigenvalue weighted by molar-refractivity contribution is 0.457. The fourth-order valence-corrected chi connectivity index (χ4v) is 1.47. The molecule has 0 saturated carbocycles. The molecule has 2 nitrogen and oxygen atoms in total. The van der Waals surface area contributed by atoms with Crippen molar-refractivity contribution < 1.29 is 5.11 Å². The molecule has 1 atom stereocenters. The number of nitrogens with two attached hydrogens (primary N) is 1. The zero-order valence-electron chi connectivity index (χ0n) is 9.16. The van der Waals surface area contributed by atoms with Crippen molar-refractivity contribution in [3.63, 3.8) is 0 Å². The Kier molecular flexibility index (Phi) is 5.40. The van der Waals surface area contributed by atoms with E-state index in [9.17, 15) is 5.11 Å². The van der Waals surface area contributed by atoms with Gasteiger partial charge in [0.1, 0.15) is 5.75 Å².